The van der Waals surface area contributed by atoms with Gasteiger partial charge in [0.1, 0.15) is 11.5 Å². The number of aliphatic hydroxyl groups excluding tert-OH is 1. The molecule has 0 saturated carbocycles. The number of amides is 1. The summed E-state index contributed by atoms with van der Waals surface area (Å²) in [5, 5.41) is 13.4. The quantitative estimate of drug-likeness (QED) is 0.693. The van der Waals surface area contributed by atoms with Crippen LogP contribution in [0.15, 0.2) is 42.5 Å². The minimum Gasteiger partial charge on any atom is -0.497 e. The lowest BCUT2D eigenvalue weighted by molar-refractivity contribution is -0.116. The number of methoxy groups -OCH3 is 2. The summed E-state index contributed by atoms with van der Waals surface area (Å²) < 4.78 is 10.5. The molecule has 2 aromatic carbocycles. The molecule has 0 radical (unpaired) electrons. The molecule has 2 N–H and O–H groups in total. The first-order valence-electron chi connectivity index (χ1n) is 10.2. The van der Waals surface area contributed by atoms with Gasteiger partial charge in [-0.2, -0.15) is 0 Å². The second kappa shape index (κ2) is 10.3. The molecule has 1 aliphatic rings. The Morgan fingerprint density at radius 3 is 2.40 bits per heavy atom. The minimum atomic E-state index is -0.795. The van der Waals surface area contributed by atoms with Crippen molar-refractivity contribution in [2.45, 2.75) is 18.9 Å². The fraction of sp³-hybridized carbons (Fsp3) is 0.435. The normalized spacial score (nSPS) is 15.5. The van der Waals surface area contributed by atoms with E-state index < -0.39 is 6.10 Å². The maximum atomic E-state index is 12.3. The van der Waals surface area contributed by atoms with Crippen LogP contribution in [0.25, 0.3) is 0 Å². The third-order valence-electron chi connectivity index (χ3n) is 5.46. The van der Waals surface area contributed by atoms with Crippen molar-refractivity contribution >= 4 is 17.3 Å². The number of carbonyl (C=O) groups is 1. The van der Waals surface area contributed by atoms with Gasteiger partial charge in [-0.15, -0.1) is 0 Å². The van der Waals surface area contributed by atoms with Crippen LogP contribution in [-0.4, -0.2) is 63.4 Å². The Labute approximate surface area is 178 Å². The van der Waals surface area contributed by atoms with Crippen LogP contribution in [0.1, 0.15) is 24.5 Å². The third kappa shape index (κ3) is 5.64. The molecule has 7 heteroatoms. The zero-order chi connectivity index (χ0) is 21.5. The van der Waals surface area contributed by atoms with Crippen LogP contribution in [0.3, 0.4) is 0 Å². The summed E-state index contributed by atoms with van der Waals surface area (Å²) in [7, 11) is 5.26. The number of nitrogens with zero attached hydrogens (tertiary/aromatic N) is 2. The van der Waals surface area contributed by atoms with Crippen LogP contribution in [0.2, 0.25) is 0 Å². The van der Waals surface area contributed by atoms with Gasteiger partial charge in [-0.05, 0) is 49.9 Å². The lowest BCUT2D eigenvalue weighted by Crippen LogP contribution is -2.44. The number of rotatable bonds is 8. The Morgan fingerprint density at radius 1 is 1.07 bits per heavy atom. The second-order valence-electron chi connectivity index (χ2n) is 7.55. The van der Waals surface area contributed by atoms with Gasteiger partial charge in [0, 0.05) is 55.6 Å². The Balaban J connectivity index is 1.51. The highest BCUT2D eigenvalue weighted by Crippen LogP contribution is 2.31. The van der Waals surface area contributed by atoms with E-state index in [4.69, 9.17) is 9.47 Å². The van der Waals surface area contributed by atoms with E-state index in [-0.39, 0.29) is 12.3 Å². The fourth-order valence-electron chi connectivity index (χ4n) is 3.56. The molecule has 7 nitrogen and oxygen atoms in total. The van der Waals surface area contributed by atoms with Crippen molar-refractivity contribution in [3.05, 3.63) is 48.0 Å². The Kier molecular flexibility index (Phi) is 7.54. The molecule has 0 bridgehead atoms. The zero-order valence-electron chi connectivity index (χ0n) is 17.9. The van der Waals surface area contributed by atoms with Gasteiger partial charge < -0.3 is 29.7 Å². The van der Waals surface area contributed by atoms with E-state index in [2.05, 4.69) is 22.2 Å². The summed E-state index contributed by atoms with van der Waals surface area (Å²) in [6.07, 6.45) is -0.291. The molecule has 30 heavy (non-hydrogen) atoms. The number of aliphatic hydroxyl groups is 1. The van der Waals surface area contributed by atoms with Gasteiger partial charge in [-0.25, -0.2) is 0 Å². The second-order valence-corrected chi connectivity index (χ2v) is 7.55. The Morgan fingerprint density at radius 2 is 1.77 bits per heavy atom. The van der Waals surface area contributed by atoms with Gasteiger partial charge in [0.2, 0.25) is 5.91 Å². The molecule has 1 saturated heterocycles. The van der Waals surface area contributed by atoms with Crippen molar-refractivity contribution in [3.63, 3.8) is 0 Å². The van der Waals surface area contributed by atoms with Gasteiger partial charge in [0.05, 0.1) is 20.3 Å². The van der Waals surface area contributed by atoms with Crippen LogP contribution < -0.4 is 19.7 Å². The molecular formula is C23H31N3O4. The summed E-state index contributed by atoms with van der Waals surface area (Å²) >= 11 is 0. The fourth-order valence-corrected chi connectivity index (χ4v) is 3.56. The minimum absolute atomic E-state index is 0.131. The molecule has 1 unspecified atom stereocenters. The van der Waals surface area contributed by atoms with E-state index in [1.54, 1.807) is 32.4 Å². The number of anilines is 2. The zero-order valence-corrected chi connectivity index (χ0v) is 17.9. The summed E-state index contributed by atoms with van der Waals surface area (Å²) in [6.45, 7) is 4.13. The molecule has 0 spiro atoms. The largest absolute Gasteiger partial charge is 0.497 e. The van der Waals surface area contributed by atoms with Crippen LogP contribution in [0.5, 0.6) is 11.5 Å². The molecule has 0 aromatic heterocycles. The van der Waals surface area contributed by atoms with Crippen LogP contribution >= 0.6 is 0 Å². The topological polar surface area (TPSA) is 74.3 Å². The first kappa shape index (κ1) is 21.9. The van der Waals surface area contributed by atoms with E-state index in [9.17, 15) is 9.90 Å². The molecule has 1 aliphatic heterocycles. The van der Waals surface area contributed by atoms with Crippen LogP contribution in [0.4, 0.5) is 11.4 Å². The predicted molar refractivity (Wildman–Crippen MR) is 119 cm³/mol. The Hall–Kier alpha value is -2.77. The van der Waals surface area contributed by atoms with Crippen LogP contribution in [0, 0.1) is 0 Å². The van der Waals surface area contributed by atoms with Crippen LogP contribution in [-0.2, 0) is 4.79 Å². The van der Waals surface area contributed by atoms with Gasteiger partial charge in [0.15, 0.2) is 0 Å². The number of benzene rings is 2. The number of hydrogen-bond donors (Lipinski definition) is 2. The van der Waals surface area contributed by atoms with Gasteiger partial charge >= 0.3 is 0 Å². The lowest BCUT2D eigenvalue weighted by Gasteiger charge is -2.34. The van der Waals surface area contributed by atoms with Gasteiger partial charge in [-0.1, -0.05) is 0 Å². The maximum Gasteiger partial charge on any atom is 0.224 e. The van der Waals surface area contributed by atoms with E-state index in [0.29, 0.717) is 23.5 Å². The Bertz CT molecular complexity index is 833. The number of likely N-dealkylation sites (N-methyl/N-ethyl adjacent to an activating group) is 1. The molecule has 0 aliphatic carbocycles. The number of ether oxygens (including phenoxy) is 2. The van der Waals surface area contributed by atoms with Gasteiger partial charge in [-0.3, -0.25) is 4.79 Å². The number of nitrogens with one attached hydrogen (secondary N) is 1. The number of hydrogen-bond acceptors (Lipinski definition) is 6. The van der Waals surface area contributed by atoms with Crippen molar-refractivity contribution in [2.24, 2.45) is 0 Å². The van der Waals surface area contributed by atoms with Crippen molar-refractivity contribution < 1.29 is 19.4 Å². The number of piperazine rings is 1. The lowest BCUT2D eigenvalue weighted by atomic mass is 10.0. The maximum absolute atomic E-state index is 12.3. The summed E-state index contributed by atoms with van der Waals surface area (Å²) in [6, 6.07) is 13.2. The smallest absolute Gasteiger partial charge is 0.224 e. The van der Waals surface area contributed by atoms with Gasteiger partial charge in [0.25, 0.3) is 0 Å². The summed E-state index contributed by atoms with van der Waals surface area (Å²) in [5.41, 5.74) is 2.57. The standard InChI is InChI=1S/C23H31N3O4/c1-25-12-14-26(15-13-25)18-6-4-17(5-7-18)24-23(28)11-10-21(27)20-9-8-19(29-2)16-22(20)30-3/h4-9,16,21,27H,10-15H2,1-3H3,(H,24,28). The molecule has 3 rings (SSSR count). The SMILES string of the molecule is COc1ccc(C(O)CCC(=O)Nc2ccc(N3CCN(C)CC3)cc2)c(OC)c1. The monoisotopic (exact) mass is 413 g/mol. The highest BCUT2D eigenvalue weighted by molar-refractivity contribution is 5.90. The van der Waals surface area contributed by atoms with Crippen molar-refractivity contribution in [2.75, 3.05) is 57.7 Å². The molecule has 1 amide bonds. The average molecular weight is 414 g/mol. The molecule has 1 fully saturated rings. The first-order valence-corrected chi connectivity index (χ1v) is 10.2. The summed E-state index contributed by atoms with van der Waals surface area (Å²) in [4.78, 5) is 17.0. The van der Waals surface area contributed by atoms with Crippen molar-refractivity contribution in [1.29, 1.82) is 0 Å². The third-order valence-corrected chi connectivity index (χ3v) is 5.46. The highest BCUT2D eigenvalue weighted by atomic mass is 16.5. The van der Waals surface area contributed by atoms with E-state index >= 15 is 0 Å². The number of carbonyl (C=O) groups excluding carboxylic acids is 1. The van der Waals surface area contributed by atoms with E-state index in [1.807, 2.05) is 24.3 Å². The molecule has 2 aromatic rings. The van der Waals surface area contributed by atoms with E-state index in [1.165, 1.54) is 5.69 Å². The molecule has 1 heterocycles. The van der Waals surface area contributed by atoms with Crippen molar-refractivity contribution in [3.8, 4) is 11.5 Å². The molecule has 162 valence electrons. The first-order chi connectivity index (χ1) is 14.5. The predicted octanol–water partition coefficient (Wildman–Crippen LogP) is 2.91. The average Bonchev–Trinajstić information content (AvgIpc) is 2.78. The van der Waals surface area contributed by atoms with Crippen molar-refractivity contribution in [1.82, 2.24) is 4.90 Å². The molecular weight excluding hydrogens is 382 g/mol. The van der Waals surface area contributed by atoms with E-state index in [0.717, 1.165) is 31.9 Å². The highest BCUT2D eigenvalue weighted by Gasteiger charge is 2.17. The molecule has 1 atom stereocenters. The summed E-state index contributed by atoms with van der Waals surface area (Å²) in [5.74, 6) is 1.07.